The molecule has 0 amide bonds. The smallest absolute Gasteiger partial charge is 0.308 e. The molecule has 8 atom stereocenters. The van der Waals surface area contributed by atoms with E-state index in [4.69, 9.17) is 9.84 Å². The number of rotatable bonds is 7. The lowest BCUT2D eigenvalue weighted by Crippen LogP contribution is -2.60. The van der Waals surface area contributed by atoms with Crippen LogP contribution in [0, 0.1) is 34.0 Å². The molecule has 4 saturated carbocycles. The van der Waals surface area contributed by atoms with E-state index < -0.39 is 41.4 Å². The summed E-state index contributed by atoms with van der Waals surface area (Å²) in [6, 6.07) is 0. The molecule has 4 N–H and O–H groups in total. The predicted octanol–water partition coefficient (Wildman–Crippen LogP) is 2.46. The van der Waals surface area contributed by atoms with Crippen molar-refractivity contribution in [3.05, 3.63) is 0 Å². The van der Waals surface area contributed by atoms with Crippen LogP contribution in [0.2, 0.25) is 0 Å². The van der Waals surface area contributed by atoms with Crippen LogP contribution >= 0.6 is 0 Å². The third kappa shape index (κ3) is 3.99. The van der Waals surface area contributed by atoms with Crippen LogP contribution in [0.1, 0.15) is 85.0 Å². The molecule has 8 nitrogen and oxygen atoms in total. The maximum absolute atomic E-state index is 13.2. The van der Waals surface area contributed by atoms with Gasteiger partial charge in [0.05, 0.1) is 36.1 Å². The number of carbonyl (C=O) groups is 3. The van der Waals surface area contributed by atoms with Crippen molar-refractivity contribution in [2.45, 2.75) is 96.2 Å². The summed E-state index contributed by atoms with van der Waals surface area (Å²) >= 11 is 0. The Hall–Kier alpha value is -1.51. The van der Waals surface area contributed by atoms with Crippen LogP contribution in [0.25, 0.3) is 0 Å². The molecule has 4 aliphatic carbocycles. The predicted molar refractivity (Wildman–Crippen MR) is 122 cm³/mol. The average Bonchev–Trinajstić information content (AvgIpc) is 2.94. The third-order valence-corrected chi connectivity index (χ3v) is 10.3. The number of hydrogen-bond donors (Lipinski definition) is 4. The van der Waals surface area contributed by atoms with Crippen LogP contribution in [0.3, 0.4) is 0 Å². The summed E-state index contributed by atoms with van der Waals surface area (Å²) in [5, 5.41) is 40.2. The SMILES string of the molecule is C[C@@](O)(CC(=O)O)CC(=O)OC[C@@]1(C)C(=O)CC[C@]2(C)[C@H]1CC[C@]13C[C@H](CC[C@@H]12)[C@](O)(CO)C3. The Bertz CT molecular complexity index is 869. The average molecular weight is 481 g/mol. The topological polar surface area (TPSA) is 141 Å². The number of aliphatic carboxylic acids is 1. The Kier molecular flexibility index (Phi) is 6.22. The molecule has 2 bridgehead atoms. The van der Waals surface area contributed by atoms with Crippen LogP contribution in [0.4, 0.5) is 0 Å². The van der Waals surface area contributed by atoms with Gasteiger partial charge in [-0.1, -0.05) is 6.92 Å². The zero-order valence-corrected chi connectivity index (χ0v) is 20.6. The molecule has 0 unspecified atom stereocenters. The van der Waals surface area contributed by atoms with Gasteiger partial charge in [0, 0.05) is 6.42 Å². The molecule has 0 saturated heterocycles. The molecule has 0 aromatic heterocycles. The maximum atomic E-state index is 13.2. The molecule has 1 spiro atoms. The molecule has 4 rings (SSSR count). The van der Waals surface area contributed by atoms with Crippen LogP contribution in [0.15, 0.2) is 0 Å². The molecule has 0 radical (unpaired) electrons. The number of esters is 1. The van der Waals surface area contributed by atoms with E-state index >= 15 is 0 Å². The van der Waals surface area contributed by atoms with Crippen molar-refractivity contribution in [1.82, 2.24) is 0 Å². The zero-order chi connectivity index (χ0) is 25.2. The Morgan fingerprint density at radius 2 is 1.82 bits per heavy atom. The Morgan fingerprint density at radius 3 is 2.47 bits per heavy atom. The number of hydrogen-bond acceptors (Lipinski definition) is 7. The highest BCUT2D eigenvalue weighted by molar-refractivity contribution is 5.86. The summed E-state index contributed by atoms with van der Waals surface area (Å²) in [7, 11) is 0. The largest absolute Gasteiger partial charge is 0.481 e. The van der Waals surface area contributed by atoms with Crippen LogP contribution < -0.4 is 0 Å². The van der Waals surface area contributed by atoms with E-state index in [0.29, 0.717) is 18.8 Å². The molecule has 34 heavy (non-hydrogen) atoms. The van der Waals surface area contributed by atoms with Gasteiger partial charge in [-0.3, -0.25) is 14.4 Å². The van der Waals surface area contributed by atoms with Crippen molar-refractivity contribution in [2.24, 2.45) is 34.0 Å². The lowest BCUT2D eigenvalue weighted by Gasteiger charge is -2.63. The minimum atomic E-state index is -1.71. The highest BCUT2D eigenvalue weighted by atomic mass is 16.5. The number of aliphatic hydroxyl groups excluding tert-OH is 1. The monoisotopic (exact) mass is 480 g/mol. The fourth-order valence-electron chi connectivity index (χ4n) is 8.82. The second-order valence-corrected chi connectivity index (χ2v) is 12.7. The molecule has 0 aliphatic heterocycles. The summed E-state index contributed by atoms with van der Waals surface area (Å²) in [6.45, 7) is 5.17. The third-order valence-electron chi connectivity index (χ3n) is 10.3. The molecule has 4 aliphatic rings. The number of carboxylic acids is 1. The van der Waals surface area contributed by atoms with Gasteiger partial charge in [0.2, 0.25) is 0 Å². The molecule has 0 aromatic rings. The highest BCUT2D eigenvalue weighted by Crippen LogP contribution is 2.72. The van der Waals surface area contributed by atoms with E-state index in [0.717, 1.165) is 38.5 Å². The van der Waals surface area contributed by atoms with Crippen molar-refractivity contribution >= 4 is 17.7 Å². The summed E-state index contributed by atoms with van der Waals surface area (Å²) in [4.78, 5) is 36.6. The second-order valence-electron chi connectivity index (χ2n) is 12.7. The van der Waals surface area contributed by atoms with Gasteiger partial charge in [0.25, 0.3) is 0 Å². The molecule has 0 heterocycles. The minimum absolute atomic E-state index is 0.0147. The molecular weight excluding hydrogens is 440 g/mol. The molecular formula is C26H40O8. The van der Waals surface area contributed by atoms with E-state index in [2.05, 4.69) is 6.92 Å². The Labute approximate surface area is 201 Å². The van der Waals surface area contributed by atoms with E-state index in [1.54, 1.807) is 0 Å². The summed E-state index contributed by atoms with van der Waals surface area (Å²) in [6.07, 6.45) is 5.27. The summed E-state index contributed by atoms with van der Waals surface area (Å²) in [5.74, 6) is -1.32. The first kappa shape index (κ1) is 25.6. The molecule has 0 aromatic carbocycles. The molecule has 192 valence electrons. The summed E-state index contributed by atoms with van der Waals surface area (Å²) < 4.78 is 5.53. The summed E-state index contributed by atoms with van der Waals surface area (Å²) in [5.41, 5.74) is -3.70. The normalized spacial score (nSPS) is 45.1. The number of aliphatic hydroxyl groups is 3. The van der Waals surface area contributed by atoms with Crippen molar-refractivity contribution < 1.29 is 39.5 Å². The van der Waals surface area contributed by atoms with Crippen LogP contribution in [0.5, 0.6) is 0 Å². The van der Waals surface area contributed by atoms with E-state index in [9.17, 15) is 29.7 Å². The first-order valence-electron chi connectivity index (χ1n) is 12.7. The van der Waals surface area contributed by atoms with Gasteiger partial charge < -0.3 is 25.2 Å². The number of ketones is 1. The van der Waals surface area contributed by atoms with E-state index in [1.165, 1.54) is 6.92 Å². The van der Waals surface area contributed by atoms with Gasteiger partial charge >= 0.3 is 11.9 Å². The number of carbonyl (C=O) groups excluding carboxylic acids is 2. The maximum Gasteiger partial charge on any atom is 0.308 e. The number of ether oxygens (including phenoxy) is 1. The first-order chi connectivity index (χ1) is 15.7. The van der Waals surface area contributed by atoms with E-state index in [-0.39, 0.29) is 41.7 Å². The Balaban J connectivity index is 1.52. The van der Waals surface area contributed by atoms with Crippen molar-refractivity contribution in [1.29, 1.82) is 0 Å². The van der Waals surface area contributed by atoms with Crippen LogP contribution in [-0.4, -0.2) is 62.6 Å². The lowest BCUT2D eigenvalue weighted by atomic mass is 9.41. The lowest BCUT2D eigenvalue weighted by molar-refractivity contribution is -0.182. The van der Waals surface area contributed by atoms with Gasteiger partial charge in [-0.15, -0.1) is 0 Å². The van der Waals surface area contributed by atoms with Gasteiger partial charge in [0.1, 0.15) is 12.4 Å². The standard InChI is InChI=1S/C26H40O8/c1-22(32,11-20(29)30)12-21(31)34-15-24(3)17-6-9-25-10-16(26(33,13-25)14-27)4-5-18(25)23(17,2)8-7-19(24)28/h16-18,27,32-33H,4-15H2,1-3H3,(H,29,30)/t16-,17+,18+,22+,23+,24+,25+,26+/m0/s1. The highest BCUT2D eigenvalue weighted by Gasteiger charge is 2.68. The molecule has 4 fully saturated rings. The number of Topliss-reactive ketones (excluding diaryl/α,β-unsaturated/α-hetero) is 1. The van der Waals surface area contributed by atoms with Crippen LogP contribution in [-0.2, 0) is 19.1 Å². The zero-order valence-electron chi connectivity index (χ0n) is 20.6. The fraction of sp³-hybridized carbons (Fsp3) is 0.885. The van der Waals surface area contributed by atoms with Crippen molar-refractivity contribution in [3.63, 3.8) is 0 Å². The first-order valence-corrected chi connectivity index (χ1v) is 12.7. The minimum Gasteiger partial charge on any atom is -0.481 e. The Morgan fingerprint density at radius 1 is 1.12 bits per heavy atom. The van der Waals surface area contributed by atoms with Gasteiger partial charge in [-0.2, -0.15) is 0 Å². The quantitative estimate of drug-likeness (QED) is 0.407. The van der Waals surface area contributed by atoms with Gasteiger partial charge in [-0.05, 0) is 87.4 Å². The number of fused-ring (bicyclic) bond motifs is 3. The van der Waals surface area contributed by atoms with Crippen molar-refractivity contribution in [3.8, 4) is 0 Å². The van der Waals surface area contributed by atoms with Crippen molar-refractivity contribution in [2.75, 3.05) is 13.2 Å². The van der Waals surface area contributed by atoms with Gasteiger partial charge in [-0.25, -0.2) is 0 Å². The fourth-order valence-corrected chi connectivity index (χ4v) is 8.82. The molecule has 8 heteroatoms. The van der Waals surface area contributed by atoms with Gasteiger partial charge in [0.15, 0.2) is 0 Å². The number of carboxylic acid groups (broad SMARTS) is 1. The second kappa shape index (κ2) is 8.27. The van der Waals surface area contributed by atoms with E-state index in [1.807, 2.05) is 6.92 Å².